The number of pyridine rings is 1. The van der Waals surface area contributed by atoms with Gasteiger partial charge in [0.1, 0.15) is 16.6 Å². The van der Waals surface area contributed by atoms with Crippen molar-refractivity contribution >= 4 is 49.9 Å². The molecule has 0 spiro atoms. The molecule has 2 N–H and O–H groups in total. The van der Waals surface area contributed by atoms with E-state index in [1.807, 2.05) is 7.05 Å². The second kappa shape index (κ2) is 9.16. The van der Waals surface area contributed by atoms with E-state index in [4.69, 9.17) is 16.3 Å². The molecular weight excluding hydrogens is 468 g/mol. The highest BCUT2D eigenvalue weighted by atomic mass is 35.5. The van der Waals surface area contributed by atoms with Gasteiger partial charge in [-0.1, -0.05) is 11.6 Å². The monoisotopic (exact) mass is 492 g/mol. The predicted octanol–water partition coefficient (Wildman–Crippen LogP) is 2.73. The molecule has 10 nitrogen and oxygen atoms in total. The van der Waals surface area contributed by atoms with E-state index in [-0.39, 0.29) is 17.0 Å². The largest absolute Gasteiger partial charge is 0.494 e. The topological polar surface area (TPSA) is 118 Å². The van der Waals surface area contributed by atoms with E-state index in [9.17, 15) is 13.2 Å². The maximum atomic E-state index is 12.9. The first-order valence-corrected chi connectivity index (χ1v) is 12.6. The normalized spacial score (nSPS) is 15.5. The smallest absolute Gasteiger partial charge is 0.229 e. The molecule has 1 aromatic carbocycles. The number of methoxy groups -OCH3 is 1. The molecule has 176 valence electrons. The highest BCUT2D eigenvalue weighted by Crippen LogP contribution is 2.33. The molecule has 12 heteroatoms. The zero-order valence-electron chi connectivity index (χ0n) is 18.5. The van der Waals surface area contributed by atoms with Crippen LogP contribution < -0.4 is 14.8 Å². The van der Waals surface area contributed by atoms with Gasteiger partial charge in [-0.25, -0.2) is 18.1 Å². The third-order valence-corrected chi connectivity index (χ3v) is 6.39. The highest BCUT2D eigenvalue weighted by Gasteiger charge is 2.25. The average molecular weight is 493 g/mol. The number of nitrogens with one attached hydrogen (secondary N) is 2. The Balaban J connectivity index is 1.73. The molecule has 2 aromatic heterocycles. The summed E-state index contributed by atoms with van der Waals surface area (Å²) in [4.78, 5) is 19.3. The number of sulfonamides is 1. The van der Waals surface area contributed by atoms with Crippen LogP contribution in [0, 0.1) is 5.92 Å². The fraction of sp³-hybridized carbons (Fsp3) is 0.381. The molecule has 3 aromatic rings. The minimum absolute atomic E-state index is 0.0794. The molecule has 0 aliphatic carbocycles. The van der Waals surface area contributed by atoms with Crippen LogP contribution in [0.2, 0.25) is 5.15 Å². The van der Waals surface area contributed by atoms with Gasteiger partial charge in [0.15, 0.2) is 5.82 Å². The third kappa shape index (κ3) is 5.21. The Morgan fingerprint density at radius 2 is 1.97 bits per heavy atom. The first-order chi connectivity index (χ1) is 15.6. The van der Waals surface area contributed by atoms with Crippen molar-refractivity contribution in [3.63, 3.8) is 0 Å². The molecule has 1 aliphatic heterocycles. The number of aromatic nitrogens is 3. The number of fused-ring (bicyclic) bond motifs is 1. The zero-order valence-corrected chi connectivity index (χ0v) is 20.1. The van der Waals surface area contributed by atoms with Gasteiger partial charge in [0.2, 0.25) is 15.9 Å². The molecule has 33 heavy (non-hydrogen) atoms. The lowest BCUT2D eigenvalue weighted by atomic mass is 9.96. The number of anilines is 2. The number of benzene rings is 1. The Bertz CT molecular complexity index is 1300. The maximum absolute atomic E-state index is 12.9. The minimum atomic E-state index is -3.45. The zero-order chi connectivity index (χ0) is 23.8. The number of carbonyl (C=O) groups excluding carboxylic acids is 1. The van der Waals surface area contributed by atoms with E-state index in [1.54, 1.807) is 35.1 Å². The van der Waals surface area contributed by atoms with E-state index < -0.39 is 10.0 Å². The van der Waals surface area contributed by atoms with Gasteiger partial charge in [-0.3, -0.25) is 9.52 Å². The molecular formula is C21H25ClN6O4S. The highest BCUT2D eigenvalue weighted by molar-refractivity contribution is 7.92. The number of halogens is 1. The van der Waals surface area contributed by atoms with Crippen molar-refractivity contribution in [2.75, 3.05) is 43.5 Å². The number of rotatable bonds is 6. The van der Waals surface area contributed by atoms with Crippen LogP contribution in [-0.4, -0.2) is 67.5 Å². The van der Waals surface area contributed by atoms with E-state index in [1.165, 1.54) is 7.11 Å². The first-order valence-electron chi connectivity index (χ1n) is 10.3. The van der Waals surface area contributed by atoms with Crippen molar-refractivity contribution < 1.29 is 17.9 Å². The summed E-state index contributed by atoms with van der Waals surface area (Å²) in [6.45, 7) is 1.74. The van der Waals surface area contributed by atoms with Crippen molar-refractivity contribution in [1.82, 2.24) is 19.7 Å². The van der Waals surface area contributed by atoms with Gasteiger partial charge < -0.3 is 15.0 Å². The molecule has 0 atom stereocenters. The van der Waals surface area contributed by atoms with Crippen molar-refractivity contribution in [1.29, 1.82) is 0 Å². The van der Waals surface area contributed by atoms with Crippen molar-refractivity contribution in [2.45, 2.75) is 12.8 Å². The van der Waals surface area contributed by atoms with Crippen molar-refractivity contribution in [3.05, 3.63) is 35.6 Å². The summed E-state index contributed by atoms with van der Waals surface area (Å²) >= 11 is 6.15. The number of hydrogen-bond donors (Lipinski definition) is 2. The molecule has 3 heterocycles. The van der Waals surface area contributed by atoms with Gasteiger partial charge in [0.05, 0.1) is 30.0 Å². The van der Waals surface area contributed by atoms with E-state index in [2.05, 4.69) is 25.0 Å². The van der Waals surface area contributed by atoms with Crippen LogP contribution in [0.3, 0.4) is 0 Å². The van der Waals surface area contributed by atoms with Gasteiger partial charge in [-0.05, 0) is 45.1 Å². The Kier molecular flexibility index (Phi) is 6.46. The van der Waals surface area contributed by atoms with Gasteiger partial charge in [0, 0.05) is 24.2 Å². The fourth-order valence-electron chi connectivity index (χ4n) is 3.88. The quantitative estimate of drug-likeness (QED) is 0.508. The Labute approximate surface area is 196 Å². The SMILES string of the molecule is COc1cc(NS(C)(=O)=O)ccc1-n1nc(NC(=O)C2CCN(C)CC2)c2cnc(Cl)cc21. The van der Waals surface area contributed by atoms with Crippen molar-refractivity contribution in [3.8, 4) is 11.4 Å². The maximum Gasteiger partial charge on any atom is 0.229 e. The van der Waals surface area contributed by atoms with Crippen LogP contribution in [0.4, 0.5) is 11.5 Å². The standard InChI is InChI=1S/C21H25ClN6O4S/c1-27-8-6-13(7-9-27)21(29)24-20-15-12-23-19(22)11-17(15)28(25-20)16-5-4-14(10-18(16)32-2)26-33(3,30)31/h4-5,10-13,26H,6-9H2,1-3H3,(H,24,25,29). The second-order valence-corrected chi connectivity index (χ2v) is 10.2. The minimum Gasteiger partial charge on any atom is -0.494 e. The van der Waals surface area contributed by atoms with E-state index in [0.717, 1.165) is 32.2 Å². The molecule has 0 bridgehead atoms. The number of ether oxygens (including phenoxy) is 1. The first kappa shape index (κ1) is 23.3. The summed E-state index contributed by atoms with van der Waals surface area (Å²) in [5.41, 5.74) is 1.52. The molecule has 1 amide bonds. The Morgan fingerprint density at radius 3 is 2.64 bits per heavy atom. The summed E-state index contributed by atoms with van der Waals surface area (Å²) in [6.07, 6.45) is 4.21. The molecule has 0 radical (unpaired) electrons. The Hall–Kier alpha value is -2.89. The van der Waals surface area contributed by atoms with Crippen LogP contribution in [0.25, 0.3) is 16.6 Å². The van der Waals surface area contributed by atoms with Gasteiger partial charge >= 0.3 is 0 Å². The van der Waals surface area contributed by atoms with Crippen molar-refractivity contribution in [2.24, 2.45) is 5.92 Å². The molecule has 4 rings (SSSR count). The van der Waals surface area contributed by atoms with Gasteiger partial charge in [0.25, 0.3) is 0 Å². The molecule has 1 aliphatic rings. The second-order valence-electron chi connectivity index (χ2n) is 8.11. The summed E-state index contributed by atoms with van der Waals surface area (Å²) in [5, 5.41) is 8.47. The van der Waals surface area contributed by atoms with Crippen LogP contribution in [0.15, 0.2) is 30.5 Å². The van der Waals surface area contributed by atoms with Crippen LogP contribution in [0.5, 0.6) is 5.75 Å². The lowest BCUT2D eigenvalue weighted by Crippen LogP contribution is -2.36. The van der Waals surface area contributed by atoms with Crippen LogP contribution >= 0.6 is 11.6 Å². The number of amides is 1. The number of carbonyl (C=O) groups is 1. The molecule has 1 saturated heterocycles. The number of hydrogen-bond acceptors (Lipinski definition) is 7. The molecule has 0 unspecified atom stereocenters. The van der Waals surface area contributed by atoms with E-state index in [0.29, 0.717) is 33.8 Å². The lowest BCUT2D eigenvalue weighted by Gasteiger charge is -2.27. The van der Waals surface area contributed by atoms with Gasteiger partial charge in [-0.2, -0.15) is 0 Å². The molecule has 0 saturated carbocycles. The summed E-state index contributed by atoms with van der Waals surface area (Å²) in [6, 6.07) is 6.49. The third-order valence-electron chi connectivity index (χ3n) is 5.57. The average Bonchev–Trinajstić information content (AvgIpc) is 3.10. The van der Waals surface area contributed by atoms with Crippen LogP contribution in [0.1, 0.15) is 12.8 Å². The number of piperidine rings is 1. The Morgan fingerprint density at radius 1 is 1.24 bits per heavy atom. The van der Waals surface area contributed by atoms with E-state index >= 15 is 0 Å². The number of nitrogens with zero attached hydrogens (tertiary/aromatic N) is 4. The predicted molar refractivity (Wildman–Crippen MR) is 128 cm³/mol. The van der Waals surface area contributed by atoms with Crippen LogP contribution in [-0.2, 0) is 14.8 Å². The summed E-state index contributed by atoms with van der Waals surface area (Å²) < 4.78 is 32.7. The molecule has 1 fully saturated rings. The lowest BCUT2D eigenvalue weighted by molar-refractivity contribution is -0.121. The summed E-state index contributed by atoms with van der Waals surface area (Å²) in [7, 11) is 0.0750. The summed E-state index contributed by atoms with van der Waals surface area (Å²) in [5.74, 6) is 0.592. The fourth-order valence-corrected chi connectivity index (χ4v) is 4.59. The number of likely N-dealkylation sites (tertiary alicyclic amines) is 1. The van der Waals surface area contributed by atoms with Gasteiger partial charge in [-0.15, -0.1) is 5.10 Å².